The van der Waals surface area contributed by atoms with Crippen molar-refractivity contribution in [2.75, 3.05) is 13.7 Å². The van der Waals surface area contributed by atoms with Gasteiger partial charge in [-0.25, -0.2) is 8.78 Å². The Morgan fingerprint density at radius 2 is 2.12 bits per heavy atom. The minimum atomic E-state index is -1.01. The fourth-order valence-corrected chi connectivity index (χ4v) is 1.56. The molecule has 0 saturated heterocycles. The third-order valence-corrected chi connectivity index (χ3v) is 2.72. The number of methoxy groups -OCH3 is 1. The summed E-state index contributed by atoms with van der Waals surface area (Å²) in [6, 6.07) is 3.23. The van der Waals surface area contributed by atoms with E-state index in [4.69, 9.17) is 5.73 Å². The third kappa shape index (κ3) is 3.00. The summed E-state index contributed by atoms with van der Waals surface area (Å²) in [5.74, 6) is -1.85. The maximum absolute atomic E-state index is 13.5. The molecular formula is C12H15F2NO2. The lowest BCUT2D eigenvalue weighted by Crippen LogP contribution is -2.39. The maximum Gasteiger partial charge on any atom is 0.313 e. The van der Waals surface area contributed by atoms with E-state index in [1.807, 2.05) is 0 Å². The van der Waals surface area contributed by atoms with E-state index in [1.54, 1.807) is 6.92 Å². The summed E-state index contributed by atoms with van der Waals surface area (Å²) in [5, 5.41) is 0. The van der Waals surface area contributed by atoms with Crippen molar-refractivity contribution in [1.29, 1.82) is 0 Å². The average Bonchev–Trinajstić information content (AvgIpc) is 2.31. The SMILES string of the molecule is COC(=O)C(C)(CN)Cc1ccc(F)cc1F. The van der Waals surface area contributed by atoms with E-state index in [2.05, 4.69) is 4.74 Å². The van der Waals surface area contributed by atoms with Crippen molar-refractivity contribution >= 4 is 5.97 Å². The molecule has 0 saturated carbocycles. The van der Waals surface area contributed by atoms with Crippen molar-refractivity contribution in [3.8, 4) is 0 Å². The lowest BCUT2D eigenvalue weighted by molar-refractivity contribution is -0.151. The third-order valence-electron chi connectivity index (χ3n) is 2.72. The standard InChI is InChI=1S/C12H15F2NO2/c1-12(7-15,11(16)17-2)6-8-3-4-9(13)5-10(8)14/h3-5H,6-7,15H2,1-2H3. The molecule has 1 aromatic carbocycles. The topological polar surface area (TPSA) is 52.3 Å². The van der Waals surface area contributed by atoms with E-state index >= 15 is 0 Å². The second-order valence-corrected chi connectivity index (χ2v) is 4.17. The van der Waals surface area contributed by atoms with E-state index in [0.29, 0.717) is 0 Å². The number of ether oxygens (including phenoxy) is 1. The van der Waals surface area contributed by atoms with Gasteiger partial charge in [-0.05, 0) is 25.0 Å². The number of hydrogen-bond acceptors (Lipinski definition) is 3. The van der Waals surface area contributed by atoms with Gasteiger partial charge in [-0.1, -0.05) is 6.07 Å². The molecular weight excluding hydrogens is 228 g/mol. The predicted molar refractivity (Wildman–Crippen MR) is 59.2 cm³/mol. The monoisotopic (exact) mass is 243 g/mol. The Hall–Kier alpha value is -1.49. The van der Waals surface area contributed by atoms with E-state index in [9.17, 15) is 13.6 Å². The molecule has 0 aliphatic rings. The largest absolute Gasteiger partial charge is 0.469 e. The highest BCUT2D eigenvalue weighted by atomic mass is 19.1. The summed E-state index contributed by atoms with van der Waals surface area (Å²) in [6.07, 6.45) is 0.0717. The Balaban J connectivity index is 2.99. The fourth-order valence-electron chi connectivity index (χ4n) is 1.56. The summed E-state index contributed by atoms with van der Waals surface area (Å²) in [7, 11) is 1.25. The predicted octanol–water partition coefficient (Wildman–Crippen LogP) is 1.65. The normalized spacial score (nSPS) is 14.2. The van der Waals surface area contributed by atoms with Gasteiger partial charge in [0.2, 0.25) is 0 Å². The first-order valence-electron chi connectivity index (χ1n) is 5.15. The van der Waals surface area contributed by atoms with Gasteiger partial charge >= 0.3 is 5.97 Å². The number of benzene rings is 1. The van der Waals surface area contributed by atoms with E-state index in [1.165, 1.54) is 13.2 Å². The molecule has 0 radical (unpaired) electrons. The van der Waals surface area contributed by atoms with Crippen LogP contribution in [0.3, 0.4) is 0 Å². The molecule has 17 heavy (non-hydrogen) atoms. The Kier molecular flexibility index (Phi) is 4.17. The molecule has 1 rings (SSSR count). The number of hydrogen-bond donors (Lipinski definition) is 1. The van der Waals surface area contributed by atoms with Crippen molar-refractivity contribution in [3.05, 3.63) is 35.4 Å². The first-order valence-corrected chi connectivity index (χ1v) is 5.15. The van der Waals surface area contributed by atoms with Crippen LogP contribution < -0.4 is 5.73 Å². The van der Waals surface area contributed by atoms with Crippen LogP contribution >= 0.6 is 0 Å². The number of esters is 1. The number of rotatable bonds is 4. The molecule has 0 aliphatic heterocycles. The molecule has 0 aliphatic carbocycles. The molecule has 1 aromatic rings. The maximum atomic E-state index is 13.5. The molecule has 0 spiro atoms. The van der Waals surface area contributed by atoms with Gasteiger partial charge in [0, 0.05) is 12.6 Å². The zero-order valence-corrected chi connectivity index (χ0v) is 9.80. The molecule has 0 fully saturated rings. The minimum Gasteiger partial charge on any atom is -0.469 e. The summed E-state index contributed by atoms with van der Waals surface area (Å²) in [5.41, 5.74) is 4.75. The van der Waals surface area contributed by atoms with Crippen LogP contribution in [0.2, 0.25) is 0 Å². The van der Waals surface area contributed by atoms with Gasteiger partial charge in [0.15, 0.2) is 0 Å². The first-order chi connectivity index (χ1) is 7.92. The van der Waals surface area contributed by atoms with Gasteiger partial charge in [0.1, 0.15) is 11.6 Å². The van der Waals surface area contributed by atoms with E-state index in [0.717, 1.165) is 12.1 Å². The molecule has 0 amide bonds. The van der Waals surface area contributed by atoms with Crippen LogP contribution in [-0.2, 0) is 16.0 Å². The van der Waals surface area contributed by atoms with Crippen LogP contribution in [-0.4, -0.2) is 19.6 Å². The Bertz CT molecular complexity index is 423. The number of carbonyl (C=O) groups excluding carboxylic acids is 1. The van der Waals surface area contributed by atoms with Crippen LogP contribution in [0, 0.1) is 17.0 Å². The van der Waals surface area contributed by atoms with Gasteiger partial charge in [-0.3, -0.25) is 4.79 Å². The lowest BCUT2D eigenvalue weighted by atomic mass is 9.83. The number of halogens is 2. The molecule has 0 bridgehead atoms. The lowest BCUT2D eigenvalue weighted by Gasteiger charge is -2.24. The summed E-state index contributed by atoms with van der Waals surface area (Å²) >= 11 is 0. The fraction of sp³-hybridized carbons (Fsp3) is 0.417. The van der Waals surface area contributed by atoms with Crippen molar-refractivity contribution < 1.29 is 18.3 Å². The second-order valence-electron chi connectivity index (χ2n) is 4.17. The van der Waals surface area contributed by atoms with Crippen molar-refractivity contribution in [3.63, 3.8) is 0 Å². The Labute approximate surface area is 98.6 Å². The van der Waals surface area contributed by atoms with Crippen molar-refractivity contribution in [2.45, 2.75) is 13.3 Å². The van der Waals surface area contributed by atoms with Gasteiger partial charge in [0.25, 0.3) is 0 Å². The van der Waals surface area contributed by atoms with Gasteiger partial charge in [-0.2, -0.15) is 0 Å². The second kappa shape index (κ2) is 5.23. The molecule has 0 heterocycles. The van der Waals surface area contributed by atoms with E-state index < -0.39 is 23.0 Å². The Morgan fingerprint density at radius 3 is 2.59 bits per heavy atom. The molecule has 5 heteroatoms. The summed E-state index contributed by atoms with van der Waals surface area (Å²) in [6.45, 7) is 1.61. The van der Waals surface area contributed by atoms with Crippen LogP contribution in [0.25, 0.3) is 0 Å². The van der Waals surface area contributed by atoms with Gasteiger partial charge < -0.3 is 10.5 Å². The molecule has 3 nitrogen and oxygen atoms in total. The van der Waals surface area contributed by atoms with Crippen LogP contribution in [0.4, 0.5) is 8.78 Å². The average molecular weight is 243 g/mol. The van der Waals surface area contributed by atoms with Gasteiger partial charge in [-0.15, -0.1) is 0 Å². The summed E-state index contributed by atoms with van der Waals surface area (Å²) < 4.78 is 30.8. The van der Waals surface area contributed by atoms with Gasteiger partial charge in [0.05, 0.1) is 12.5 Å². The molecule has 94 valence electrons. The van der Waals surface area contributed by atoms with Crippen LogP contribution in [0.5, 0.6) is 0 Å². The van der Waals surface area contributed by atoms with Crippen LogP contribution in [0.15, 0.2) is 18.2 Å². The van der Waals surface area contributed by atoms with Crippen LogP contribution in [0.1, 0.15) is 12.5 Å². The van der Waals surface area contributed by atoms with Crippen molar-refractivity contribution in [2.24, 2.45) is 11.1 Å². The quantitative estimate of drug-likeness (QED) is 0.818. The minimum absolute atomic E-state index is 0.0243. The number of nitrogens with two attached hydrogens (primary N) is 1. The Morgan fingerprint density at radius 1 is 1.47 bits per heavy atom. The highest BCUT2D eigenvalue weighted by molar-refractivity contribution is 5.77. The number of carbonyl (C=O) groups is 1. The molecule has 1 unspecified atom stereocenters. The smallest absolute Gasteiger partial charge is 0.313 e. The summed E-state index contributed by atoms with van der Waals surface area (Å²) in [4.78, 5) is 11.5. The first kappa shape index (κ1) is 13.6. The molecule has 1 atom stereocenters. The molecule has 0 aromatic heterocycles. The molecule has 2 N–H and O–H groups in total. The zero-order valence-electron chi connectivity index (χ0n) is 9.80. The zero-order chi connectivity index (χ0) is 13.1. The highest BCUT2D eigenvalue weighted by Gasteiger charge is 2.34. The van der Waals surface area contributed by atoms with E-state index in [-0.39, 0.29) is 18.5 Å². The van der Waals surface area contributed by atoms with Crippen molar-refractivity contribution in [1.82, 2.24) is 0 Å². The highest BCUT2D eigenvalue weighted by Crippen LogP contribution is 2.24.